The second-order valence-corrected chi connectivity index (χ2v) is 6.77. The Bertz CT molecular complexity index is 1010. The second-order valence-electron chi connectivity index (χ2n) is 6.77. The Hall–Kier alpha value is -3.60. The van der Waals surface area contributed by atoms with Crippen molar-refractivity contribution in [3.8, 4) is 5.75 Å². The Morgan fingerprint density at radius 1 is 0.793 bits per heavy atom. The Morgan fingerprint density at radius 3 is 1.97 bits per heavy atom. The molecule has 2 atom stereocenters. The van der Waals surface area contributed by atoms with Crippen molar-refractivity contribution in [3.63, 3.8) is 0 Å². The van der Waals surface area contributed by atoms with Gasteiger partial charge >= 0.3 is 11.9 Å². The molecule has 0 radical (unpaired) electrons. The van der Waals surface area contributed by atoms with Gasteiger partial charge in [0.05, 0.1) is 18.2 Å². The van der Waals surface area contributed by atoms with Crippen molar-refractivity contribution in [1.82, 2.24) is 0 Å². The van der Waals surface area contributed by atoms with Crippen molar-refractivity contribution in [1.29, 1.82) is 0 Å². The van der Waals surface area contributed by atoms with Gasteiger partial charge in [0.25, 0.3) is 0 Å². The van der Waals surface area contributed by atoms with E-state index in [1.54, 1.807) is 55.6 Å². The van der Waals surface area contributed by atoms with Crippen molar-refractivity contribution in [2.24, 2.45) is 0 Å². The number of carbonyl (C=O) groups excluding carboxylic acids is 2. The van der Waals surface area contributed by atoms with Crippen molar-refractivity contribution < 1.29 is 23.8 Å². The van der Waals surface area contributed by atoms with E-state index >= 15 is 0 Å². The Balaban J connectivity index is 1.60. The second kappa shape index (κ2) is 8.19. The van der Waals surface area contributed by atoms with Gasteiger partial charge in [0.15, 0.2) is 6.10 Å². The highest BCUT2D eigenvalue weighted by atomic mass is 16.6. The fourth-order valence-corrected chi connectivity index (χ4v) is 3.47. The summed E-state index contributed by atoms with van der Waals surface area (Å²) in [7, 11) is 1.59. The molecule has 3 aromatic rings. The summed E-state index contributed by atoms with van der Waals surface area (Å²) < 4.78 is 16.8. The molecule has 0 heterocycles. The van der Waals surface area contributed by atoms with E-state index in [0.29, 0.717) is 23.3 Å². The first-order chi connectivity index (χ1) is 14.2. The number of rotatable bonds is 5. The molecule has 0 saturated carbocycles. The van der Waals surface area contributed by atoms with Crippen LogP contribution in [0.3, 0.4) is 0 Å². The number of ether oxygens (including phenoxy) is 3. The van der Waals surface area contributed by atoms with Crippen molar-refractivity contribution in [2.45, 2.75) is 18.6 Å². The Kier molecular flexibility index (Phi) is 5.29. The van der Waals surface area contributed by atoms with Gasteiger partial charge in [0.1, 0.15) is 11.9 Å². The lowest BCUT2D eigenvalue weighted by molar-refractivity contribution is -0.0301. The van der Waals surface area contributed by atoms with Gasteiger partial charge in [0, 0.05) is 6.42 Å². The highest BCUT2D eigenvalue weighted by molar-refractivity contribution is 5.90. The largest absolute Gasteiger partial charge is 0.497 e. The molecule has 0 spiro atoms. The maximum atomic E-state index is 12.6. The lowest BCUT2D eigenvalue weighted by atomic mass is 10.1. The zero-order valence-corrected chi connectivity index (χ0v) is 15.9. The molecule has 3 aromatic carbocycles. The molecule has 1 aliphatic rings. The smallest absolute Gasteiger partial charge is 0.338 e. The predicted octanol–water partition coefficient (Wildman–Crippen LogP) is 4.38. The lowest BCUT2D eigenvalue weighted by Crippen LogP contribution is -2.26. The molecule has 0 unspecified atom stereocenters. The average Bonchev–Trinajstić information content (AvgIpc) is 3.10. The standard InChI is InChI=1S/C24H20O5/c1-27-19-12-13-20-18(14-19)15-21(28-23(25)16-8-4-2-5-9-16)22(20)29-24(26)17-10-6-3-7-11-17/h2-14,21-22H,15H2,1H3/t21-,22-/m0/s1. The summed E-state index contributed by atoms with van der Waals surface area (Å²) in [5.41, 5.74) is 2.65. The van der Waals surface area contributed by atoms with Crippen LogP contribution >= 0.6 is 0 Å². The molecule has 0 fully saturated rings. The van der Waals surface area contributed by atoms with Gasteiger partial charge in [-0.1, -0.05) is 42.5 Å². The molecule has 146 valence electrons. The average molecular weight is 388 g/mol. The van der Waals surface area contributed by atoms with E-state index in [-0.39, 0.29) is 0 Å². The number of hydrogen-bond acceptors (Lipinski definition) is 5. The first-order valence-electron chi connectivity index (χ1n) is 9.34. The molecule has 0 N–H and O–H groups in total. The van der Waals surface area contributed by atoms with Crippen molar-refractivity contribution in [2.75, 3.05) is 7.11 Å². The molecular formula is C24H20O5. The molecule has 0 aliphatic heterocycles. The molecule has 5 nitrogen and oxygen atoms in total. The minimum atomic E-state index is -0.684. The molecule has 29 heavy (non-hydrogen) atoms. The predicted molar refractivity (Wildman–Crippen MR) is 107 cm³/mol. The summed E-state index contributed by atoms with van der Waals surface area (Å²) >= 11 is 0. The van der Waals surface area contributed by atoms with E-state index in [0.717, 1.165) is 11.1 Å². The summed E-state index contributed by atoms with van der Waals surface area (Å²) in [4.78, 5) is 25.2. The van der Waals surface area contributed by atoms with Crippen LogP contribution < -0.4 is 4.74 Å². The minimum Gasteiger partial charge on any atom is -0.497 e. The zero-order valence-electron chi connectivity index (χ0n) is 15.9. The van der Waals surface area contributed by atoms with Gasteiger partial charge in [0.2, 0.25) is 0 Å². The van der Waals surface area contributed by atoms with E-state index in [1.165, 1.54) is 0 Å². The van der Waals surface area contributed by atoms with Gasteiger partial charge in [-0.25, -0.2) is 9.59 Å². The molecular weight excluding hydrogens is 368 g/mol. The van der Waals surface area contributed by atoms with Crippen LogP contribution in [0.15, 0.2) is 78.9 Å². The summed E-state index contributed by atoms with van der Waals surface area (Å²) in [6.45, 7) is 0. The lowest BCUT2D eigenvalue weighted by Gasteiger charge is -2.21. The Labute approximate surface area is 168 Å². The van der Waals surface area contributed by atoms with Crippen LogP contribution in [0.2, 0.25) is 0 Å². The SMILES string of the molecule is COc1ccc2c(c1)C[C@H](OC(=O)c1ccccc1)[C@H]2OC(=O)c1ccccc1. The molecule has 0 bridgehead atoms. The van der Waals surface area contributed by atoms with Crippen LogP contribution in [0.4, 0.5) is 0 Å². The monoisotopic (exact) mass is 388 g/mol. The number of hydrogen-bond donors (Lipinski definition) is 0. The van der Waals surface area contributed by atoms with Gasteiger partial charge < -0.3 is 14.2 Å². The fraction of sp³-hybridized carbons (Fsp3) is 0.167. The number of carbonyl (C=O) groups is 2. The van der Waals surface area contributed by atoms with E-state index in [9.17, 15) is 9.59 Å². The summed E-state index contributed by atoms with van der Waals surface area (Å²) in [5, 5.41) is 0. The summed E-state index contributed by atoms with van der Waals surface area (Å²) in [5.74, 6) is -0.205. The quantitative estimate of drug-likeness (QED) is 0.607. The van der Waals surface area contributed by atoms with Crippen LogP contribution in [0.5, 0.6) is 5.75 Å². The normalized spacial score (nSPS) is 17.3. The third kappa shape index (κ3) is 3.99. The topological polar surface area (TPSA) is 61.8 Å². The van der Waals surface area contributed by atoms with Gasteiger partial charge in [-0.2, -0.15) is 0 Å². The number of fused-ring (bicyclic) bond motifs is 1. The van der Waals surface area contributed by atoms with Crippen LogP contribution in [0, 0.1) is 0 Å². The highest BCUT2D eigenvalue weighted by Crippen LogP contribution is 2.39. The fourth-order valence-electron chi connectivity index (χ4n) is 3.47. The zero-order chi connectivity index (χ0) is 20.2. The third-order valence-electron chi connectivity index (χ3n) is 4.93. The van der Waals surface area contributed by atoms with E-state index in [4.69, 9.17) is 14.2 Å². The molecule has 0 amide bonds. The van der Waals surface area contributed by atoms with E-state index < -0.39 is 24.1 Å². The van der Waals surface area contributed by atoms with Crippen LogP contribution in [-0.2, 0) is 15.9 Å². The highest BCUT2D eigenvalue weighted by Gasteiger charge is 2.38. The van der Waals surface area contributed by atoms with E-state index in [2.05, 4.69) is 0 Å². The number of methoxy groups -OCH3 is 1. The maximum absolute atomic E-state index is 12.6. The van der Waals surface area contributed by atoms with Crippen molar-refractivity contribution >= 4 is 11.9 Å². The first-order valence-corrected chi connectivity index (χ1v) is 9.34. The van der Waals surface area contributed by atoms with Gasteiger partial charge in [-0.15, -0.1) is 0 Å². The molecule has 0 aromatic heterocycles. The molecule has 0 saturated heterocycles. The summed E-state index contributed by atoms with van der Waals surface area (Å²) in [6, 6.07) is 23.1. The summed E-state index contributed by atoms with van der Waals surface area (Å²) in [6.07, 6.45) is -0.855. The molecule has 4 rings (SSSR count). The third-order valence-corrected chi connectivity index (χ3v) is 4.93. The van der Waals surface area contributed by atoms with Crippen LogP contribution in [0.1, 0.15) is 37.9 Å². The van der Waals surface area contributed by atoms with Gasteiger partial charge in [-0.05, 0) is 47.5 Å². The maximum Gasteiger partial charge on any atom is 0.338 e. The minimum absolute atomic E-state index is 0.442. The first kappa shape index (κ1) is 18.7. The van der Waals surface area contributed by atoms with E-state index in [1.807, 2.05) is 30.3 Å². The van der Waals surface area contributed by atoms with Crippen LogP contribution in [-0.4, -0.2) is 25.2 Å². The van der Waals surface area contributed by atoms with Gasteiger partial charge in [-0.3, -0.25) is 0 Å². The molecule has 1 aliphatic carbocycles. The van der Waals surface area contributed by atoms with Crippen LogP contribution in [0.25, 0.3) is 0 Å². The molecule has 5 heteroatoms. The van der Waals surface area contributed by atoms with Crippen molar-refractivity contribution in [3.05, 3.63) is 101 Å². The number of benzene rings is 3. The Morgan fingerprint density at radius 2 is 1.38 bits per heavy atom. The number of esters is 2.